The quantitative estimate of drug-likeness (QED) is 0.375. The number of ether oxygens (including phenoxy) is 1. The SMILES string of the molecule is C=CCn1nc(C)c2c1Nc1cc(C(F)(F)F)c(OC)cc1C(c1ccccc1Cl)=N2. The van der Waals surface area contributed by atoms with Crippen molar-refractivity contribution in [3.05, 3.63) is 76.5 Å². The van der Waals surface area contributed by atoms with Gasteiger partial charge in [-0.25, -0.2) is 9.67 Å². The van der Waals surface area contributed by atoms with E-state index in [9.17, 15) is 13.2 Å². The van der Waals surface area contributed by atoms with Crippen LogP contribution < -0.4 is 10.1 Å². The van der Waals surface area contributed by atoms with Crippen LogP contribution in [-0.2, 0) is 12.7 Å². The third kappa shape index (κ3) is 3.67. The van der Waals surface area contributed by atoms with Crippen LogP contribution in [0, 0.1) is 6.92 Å². The van der Waals surface area contributed by atoms with E-state index in [4.69, 9.17) is 21.3 Å². The summed E-state index contributed by atoms with van der Waals surface area (Å²) in [4.78, 5) is 4.80. The monoisotopic (exact) mass is 446 g/mol. The van der Waals surface area contributed by atoms with Crippen molar-refractivity contribution in [2.45, 2.75) is 19.6 Å². The Morgan fingerprint density at radius 3 is 2.61 bits per heavy atom. The van der Waals surface area contributed by atoms with E-state index in [1.165, 1.54) is 13.2 Å². The summed E-state index contributed by atoms with van der Waals surface area (Å²) < 4.78 is 47.8. The molecule has 1 aliphatic rings. The molecule has 0 saturated heterocycles. The van der Waals surface area contributed by atoms with Gasteiger partial charge in [-0.05, 0) is 25.1 Å². The maximum atomic E-state index is 13.7. The van der Waals surface area contributed by atoms with E-state index in [0.717, 1.165) is 6.07 Å². The number of anilines is 2. The van der Waals surface area contributed by atoms with Crippen molar-refractivity contribution in [2.75, 3.05) is 12.4 Å². The van der Waals surface area contributed by atoms with Crippen molar-refractivity contribution >= 4 is 34.5 Å². The molecule has 3 aromatic rings. The van der Waals surface area contributed by atoms with Crippen LogP contribution in [0.5, 0.6) is 5.75 Å². The van der Waals surface area contributed by atoms with Crippen LogP contribution in [0.1, 0.15) is 22.4 Å². The summed E-state index contributed by atoms with van der Waals surface area (Å²) in [7, 11) is 1.20. The Bertz CT molecular complexity index is 1210. The van der Waals surface area contributed by atoms with E-state index in [0.29, 0.717) is 45.6 Å². The van der Waals surface area contributed by atoms with Crippen molar-refractivity contribution in [1.29, 1.82) is 0 Å². The van der Waals surface area contributed by atoms with Gasteiger partial charge in [-0.3, -0.25) is 0 Å². The topological polar surface area (TPSA) is 51.4 Å². The summed E-state index contributed by atoms with van der Waals surface area (Å²) >= 11 is 6.43. The zero-order valence-corrected chi connectivity index (χ0v) is 17.5. The number of aliphatic imine (C=N–C) groups is 1. The van der Waals surface area contributed by atoms with Gasteiger partial charge in [-0.15, -0.1) is 6.58 Å². The molecule has 0 radical (unpaired) electrons. The maximum Gasteiger partial charge on any atom is 0.420 e. The maximum absolute atomic E-state index is 13.7. The number of rotatable bonds is 4. The molecular formula is C22H18ClF3N4O. The number of aromatic nitrogens is 2. The molecule has 0 spiro atoms. The highest BCUT2D eigenvalue weighted by molar-refractivity contribution is 6.36. The smallest absolute Gasteiger partial charge is 0.420 e. The average molecular weight is 447 g/mol. The average Bonchev–Trinajstić information content (AvgIpc) is 2.91. The third-order valence-electron chi connectivity index (χ3n) is 4.90. The number of fused-ring (bicyclic) bond motifs is 2. The largest absolute Gasteiger partial charge is 0.496 e. The molecule has 0 amide bonds. The minimum Gasteiger partial charge on any atom is -0.496 e. The second-order valence-electron chi connectivity index (χ2n) is 6.91. The molecule has 0 atom stereocenters. The van der Waals surface area contributed by atoms with Crippen molar-refractivity contribution < 1.29 is 17.9 Å². The van der Waals surface area contributed by atoms with E-state index < -0.39 is 11.7 Å². The van der Waals surface area contributed by atoms with Gasteiger partial charge in [0.25, 0.3) is 0 Å². The fourth-order valence-corrected chi connectivity index (χ4v) is 3.74. The molecule has 2 aromatic carbocycles. The van der Waals surface area contributed by atoms with Gasteiger partial charge in [0, 0.05) is 16.1 Å². The number of allylic oxidation sites excluding steroid dienone is 1. The highest BCUT2D eigenvalue weighted by Gasteiger charge is 2.36. The predicted octanol–water partition coefficient (Wildman–Crippen LogP) is 6.28. The van der Waals surface area contributed by atoms with Crippen molar-refractivity contribution in [3.8, 4) is 5.75 Å². The molecular weight excluding hydrogens is 429 g/mol. The fourth-order valence-electron chi connectivity index (χ4n) is 3.51. The van der Waals surface area contributed by atoms with Gasteiger partial charge in [0.2, 0.25) is 0 Å². The molecule has 5 nitrogen and oxygen atoms in total. The van der Waals surface area contributed by atoms with E-state index in [1.54, 1.807) is 41.9 Å². The first kappa shape index (κ1) is 21.0. The summed E-state index contributed by atoms with van der Waals surface area (Å²) in [5.74, 6) is 0.169. The highest BCUT2D eigenvalue weighted by Crippen LogP contribution is 2.44. The van der Waals surface area contributed by atoms with Crippen LogP contribution in [0.3, 0.4) is 0 Å². The summed E-state index contributed by atoms with van der Waals surface area (Å²) in [5.41, 5.74) is 1.88. The summed E-state index contributed by atoms with van der Waals surface area (Å²) in [6.07, 6.45) is -2.95. The number of nitrogens with one attached hydrogen (secondary N) is 1. The lowest BCUT2D eigenvalue weighted by Gasteiger charge is -2.18. The van der Waals surface area contributed by atoms with Crippen molar-refractivity contribution in [3.63, 3.8) is 0 Å². The van der Waals surface area contributed by atoms with Crippen LogP contribution in [0.25, 0.3) is 0 Å². The summed E-state index contributed by atoms with van der Waals surface area (Å²) in [6.45, 7) is 5.86. The first-order valence-corrected chi connectivity index (χ1v) is 9.71. The Labute approximate surface area is 181 Å². The molecule has 1 aliphatic heterocycles. The number of nitrogens with zero attached hydrogens (tertiary/aromatic N) is 3. The van der Waals surface area contributed by atoms with Gasteiger partial charge >= 0.3 is 6.18 Å². The molecule has 0 saturated carbocycles. The minimum atomic E-state index is -4.60. The molecule has 1 N–H and O–H groups in total. The lowest BCUT2D eigenvalue weighted by Crippen LogP contribution is -2.13. The third-order valence-corrected chi connectivity index (χ3v) is 5.23. The molecule has 31 heavy (non-hydrogen) atoms. The van der Waals surface area contributed by atoms with Crippen molar-refractivity contribution in [1.82, 2.24) is 9.78 Å². The van der Waals surface area contributed by atoms with Crippen LogP contribution in [0.15, 0.2) is 54.0 Å². The summed E-state index contributed by atoms with van der Waals surface area (Å²) in [5, 5.41) is 7.97. The van der Waals surface area contributed by atoms with E-state index >= 15 is 0 Å². The minimum absolute atomic E-state index is 0.218. The van der Waals surface area contributed by atoms with Crippen LogP contribution in [-0.4, -0.2) is 22.6 Å². The van der Waals surface area contributed by atoms with Gasteiger partial charge < -0.3 is 10.1 Å². The molecule has 9 heteroatoms. The Balaban J connectivity index is 2.07. The zero-order valence-electron chi connectivity index (χ0n) is 16.7. The van der Waals surface area contributed by atoms with Gasteiger partial charge in [0.15, 0.2) is 5.82 Å². The number of hydrogen-bond acceptors (Lipinski definition) is 4. The molecule has 4 rings (SSSR count). The molecule has 1 aromatic heterocycles. The van der Waals surface area contributed by atoms with Crippen LogP contribution >= 0.6 is 11.6 Å². The number of aryl methyl sites for hydroxylation is 1. The molecule has 0 fully saturated rings. The molecule has 160 valence electrons. The lowest BCUT2D eigenvalue weighted by molar-refractivity contribution is -0.138. The highest BCUT2D eigenvalue weighted by atomic mass is 35.5. The second kappa shape index (κ2) is 7.77. The van der Waals surface area contributed by atoms with Crippen LogP contribution in [0.2, 0.25) is 5.02 Å². The Kier molecular flexibility index (Phi) is 5.26. The van der Waals surface area contributed by atoms with E-state index in [-0.39, 0.29) is 11.4 Å². The fraction of sp³-hybridized carbons (Fsp3) is 0.182. The van der Waals surface area contributed by atoms with Gasteiger partial charge in [0.1, 0.15) is 11.4 Å². The van der Waals surface area contributed by atoms with Gasteiger partial charge in [-0.2, -0.15) is 18.3 Å². The predicted molar refractivity (Wildman–Crippen MR) is 115 cm³/mol. The second-order valence-corrected chi connectivity index (χ2v) is 7.32. The van der Waals surface area contributed by atoms with Gasteiger partial charge in [0.05, 0.1) is 36.3 Å². The zero-order chi connectivity index (χ0) is 22.3. The van der Waals surface area contributed by atoms with E-state index in [1.807, 2.05) is 0 Å². The molecule has 0 bridgehead atoms. The first-order valence-electron chi connectivity index (χ1n) is 9.33. The number of methoxy groups -OCH3 is 1. The normalized spacial score (nSPS) is 12.9. The van der Waals surface area contributed by atoms with E-state index in [2.05, 4.69) is 17.0 Å². The lowest BCUT2D eigenvalue weighted by atomic mass is 9.98. The van der Waals surface area contributed by atoms with Crippen LogP contribution in [0.4, 0.5) is 30.4 Å². The standard InChI is InChI=1S/C22H18ClF3N4O/c1-4-9-30-21-19(12(2)29-30)28-20(13-7-5-6-8-16(13)23)14-10-18(31-3)15(22(24,25)26)11-17(14)27-21/h4-8,10-11,27H,1,9H2,2-3H3. The number of hydrogen-bond donors (Lipinski definition) is 1. The van der Waals surface area contributed by atoms with Crippen molar-refractivity contribution in [2.24, 2.45) is 4.99 Å². The Morgan fingerprint density at radius 2 is 1.97 bits per heavy atom. The Hall–Kier alpha value is -3.26. The molecule has 0 unspecified atom stereocenters. The first-order chi connectivity index (χ1) is 14.7. The number of halogens is 4. The molecule has 0 aliphatic carbocycles. The Morgan fingerprint density at radius 1 is 1.23 bits per heavy atom. The number of alkyl halides is 3. The number of benzene rings is 2. The molecule has 2 heterocycles. The van der Waals surface area contributed by atoms with Gasteiger partial charge in [-0.1, -0.05) is 35.9 Å². The summed E-state index contributed by atoms with van der Waals surface area (Å²) in [6, 6.07) is 9.39.